The Balaban J connectivity index is 1.73. The Morgan fingerprint density at radius 1 is 1.08 bits per heavy atom. The van der Waals surface area contributed by atoms with E-state index in [1.54, 1.807) is 30.3 Å². The molecule has 0 atom stereocenters. The lowest BCUT2D eigenvalue weighted by Gasteiger charge is -2.08. The summed E-state index contributed by atoms with van der Waals surface area (Å²) in [5, 5.41) is 5.58. The molecule has 0 aliphatic rings. The van der Waals surface area contributed by atoms with Crippen molar-refractivity contribution in [2.75, 3.05) is 18.5 Å². The van der Waals surface area contributed by atoms with Gasteiger partial charge in [-0.15, -0.1) is 0 Å². The number of ether oxygens (including phenoxy) is 1. The van der Waals surface area contributed by atoms with Crippen LogP contribution in [-0.4, -0.2) is 30.9 Å². The second-order valence-electron chi connectivity index (χ2n) is 5.45. The predicted molar refractivity (Wildman–Crippen MR) is 99.2 cm³/mol. The molecule has 0 heterocycles. The summed E-state index contributed by atoms with van der Waals surface area (Å²) < 4.78 is 4.85. The van der Waals surface area contributed by atoms with Crippen molar-refractivity contribution in [1.82, 2.24) is 5.32 Å². The second kappa shape index (κ2) is 9.58. The Hall–Kier alpha value is -2.86. The van der Waals surface area contributed by atoms with Crippen molar-refractivity contribution in [3.63, 3.8) is 0 Å². The highest BCUT2D eigenvalue weighted by Crippen LogP contribution is 2.11. The zero-order valence-electron chi connectivity index (χ0n) is 14.3. The molecule has 26 heavy (non-hydrogen) atoms. The van der Waals surface area contributed by atoms with Gasteiger partial charge in [-0.3, -0.25) is 14.4 Å². The number of rotatable bonds is 7. The van der Waals surface area contributed by atoms with E-state index in [-0.39, 0.29) is 6.54 Å². The molecule has 0 radical (unpaired) electrons. The summed E-state index contributed by atoms with van der Waals surface area (Å²) in [4.78, 5) is 35.3. The minimum atomic E-state index is -0.704. The first kappa shape index (κ1) is 19.5. The molecule has 0 aliphatic carbocycles. The van der Waals surface area contributed by atoms with Crippen LogP contribution in [0, 0.1) is 0 Å². The fraction of sp³-hybridized carbons (Fsp3) is 0.211. The normalized spacial score (nSPS) is 10.1. The van der Waals surface area contributed by atoms with Crippen LogP contribution in [0.4, 0.5) is 5.69 Å². The molecule has 2 rings (SSSR count). The molecule has 6 nitrogen and oxygen atoms in total. The summed E-state index contributed by atoms with van der Waals surface area (Å²) in [5.41, 5.74) is 2.10. The van der Waals surface area contributed by atoms with Gasteiger partial charge in [-0.25, -0.2) is 0 Å². The molecule has 0 saturated heterocycles. The summed E-state index contributed by atoms with van der Waals surface area (Å²) in [6, 6.07) is 13.6. The van der Waals surface area contributed by atoms with Crippen molar-refractivity contribution in [3.8, 4) is 0 Å². The quantitative estimate of drug-likeness (QED) is 0.730. The topological polar surface area (TPSA) is 84.5 Å². The monoisotopic (exact) mass is 374 g/mol. The van der Waals surface area contributed by atoms with Crippen LogP contribution >= 0.6 is 11.6 Å². The number of carbonyl (C=O) groups is 3. The molecule has 2 amide bonds. The van der Waals surface area contributed by atoms with E-state index in [0.717, 1.165) is 12.0 Å². The zero-order chi connectivity index (χ0) is 18.9. The van der Waals surface area contributed by atoms with E-state index < -0.39 is 24.4 Å². The molecule has 0 spiro atoms. The maximum absolute atomic E-state index is 11.9. The lowest BCUT2D eigenvalue weighted by molar-refractivity contribution is -0.146. The van der Waals surface area contributed by atoms with Crippen molar-refractivity contribution in [1.29, 1.82) is 0 Å². The summed E-state index contributed by atoms with van der Waals surface area (Å²) in [7, 11) is 0. The number of amides is 2. The Bertz CT molecular complexity index is 790. The summed E-state index contributed by atoms with van der Waals surface area (Å²) in [6.07, 6.45) is 0.853. The summed E-state index contributed by atoms with van der Waals surface area (Å²) >= 11 is 5.75. The molecule has 0 unspecified atom stereocenters. The number of hydrogen-bond acceptors (Lipinski definition) is 4. The van der Waals surface area contributed by atoms with Crippen LogP contribution in [0.2, 0.25) is 5.02 Å². The lowest BCUT2D eigenvalue weighted by Crippen LogP contribution is -2.32. The minimum Gasteiger partial charge on any atom is -0.454 e. The van der Waals surface area contributed by atoms with E-state index >= 15 is 0 Å². The molecule has 7 heteroatoms. The molecule has 0 aliphatic heterocycles. The number of halogens is 1. The van der Waals surface area contributed by atoms with E-state index in [4.69, 9.17) is 16.3 Å². The zero-order valence-corrected chi connectivity index (χ0v) is 15.0. The number of benzene rings is 2. The van der Waals surface area contributed by atoms with Crippen LogP contribution in [0.5, 0.6) is 0 Å². The highest BCUT2D eigenvalue weighted by molar-refractivity contribution is 6.30. The third-order valence-corrected chi connectivity index (χ3v) is 3.73. The standard InChI is InChI=1S/C19H19ClN2O4/c1-2-13-4-3-5-16(10-13)22-17(23)12-26-18(24)11-21-19(25)14-6-8-15(20)9-7-14/h3-10H,2,11-12H2,1H3,(H,21,25)(H,22,23). The van der Waals surface area contributed by atoms with Gasteiger partial charge in [0.2, 0.25) is 0 Å². The van der Waals surface area contributed by atoms with Crippen LogP contribution in [-0.2, 0) is 20.7 Å². The van der Waals surface area contributed by atoms with Crippen molar-refractivity contribution in [3.05, 3.63) is 64.7 Å². The highest BCUT2D eigenvalue weighted by Gasteiger charge is 2.11. The molecule has 0 fully saturated rings. The molecule has 2 aromatic rings. The first-order valence-electron chi connectivity index (χ1n) is 8.06. The van der Waals surface area contributed by atoms with E-state index in [0.29, 0.717) is 16.3 Å². The van der Waals surface area contributed by atoms with Crippen LogP contribution in [0.1, 0.15) is 22.8 Å². The van der Waals surface area contributed by atoms with E-state index in [9.17, 15) is 14.4 Å². The second-order valence-corrected chi connectivity index (χ2v) is 5.89. The lowest BCUT2D eigenvalue weighted by atomic mass is 10.1. The molecule has 2 N–H and O–H groups in total. The number of esters is 1. The first-order chi connectivity index (χ1) is 12.5. The molecule has 0 bridgehead atoms. The smallest absolute Gasteiger partial charge is 0.325 e. The third kappa shape index (κ3) is 6.22. The molecular formula is C19H19ClN2O4. The first-order valence-corrected chi connectivity index (χ1v) is 8.44. The van der Waals surface area contributed by atoms with Crippen molar-refractivity contribution in [2.45, 2.75) is 13.3 Å². The van der Waals surface area contributed by atoms with E-state index in [2.05, 4.69) is 10.6 Å². The van der Waals surface area contributed by atoms with Crippen LogP contribution in [0.3, 0.4) is 0 Å². The number of carbonyl (C=O) groups excluding carboxylic acids is 3. The van der Waals surface area contributed by atoms with Gasteiger partial charge in [-0.1, -0.05) is 30.7 Å². The number of aryl methyl sites for hydroxylation is 1. The van der Waals surface area contributed by atoms with Gasteiger partial charge in [0.05, 0.1) is 0 Å². The van der Waals surface area contributed by atoms with Gasteiger partial charge in [0.25, 0.3) is 11.8 Å². The highest BCUT2D eigenvalue weighted by atomic mass is 35.5. The van der Waals surface area contributed by atoms with Gasteiger partial charge in [0, 0.05) is 16.3 Å². The minimum absolute atomic E-state index is 0.333. The summed E-state index contributed by atoms with van der Waals surface area (Å²) in [5.74, 6) is -1.58. The van der Waals surface area contributed by atoms with Gasteiger partial charge in [-0.2, -0.15) is 0 Å². The Morgan fingerprint density at radius 2 is 1.81 bits per heavy atom. The fourth-order valence-electron chi connectivity index (χ4n) is 2.12. The van der Waals surface area contributed by atoms with Gasteiger partial charge < -0.3 is 15.4 Å². The average Bonchev–Trinajstić information content (AvgIpc) is 2.65. The Labute approximate surface area is 156 Å². The SMILES string of the molecule is CCc1cccc(NC(=O)COC(=O)CNC(=O)c2ccc(Cl)cc2)c1. The molecule has 0 saturated carbocycles. The molecule has 0 aromatic heterocycles. The maximum Gasteiger partial charge on any atom is 0.325 e. The van der Waals surface area contributed by atoms with Gasteiger partial charge in [0.15, 0.2) is 6.61 Å². The van der Waals surface area contributed by atoms with E-state index in [1.807, 2.05) is 25.1 Å². The third-order valence-electron chi connectivity index (χ3n) is 3.48. The largest absolute Gasteiger partial charge is 0.454 e. The van der Waals surface area contributed by atoms with Gasteiger partial charge >= 0.3 is 5.97 Å². The number of hydrogen-bond donors (Lipinski definition) is 2. The van der Waals surface area contributed by atoms with Gasteiger partial charge in [-0.05, 0) is 48.4 Å². The average molecular weight is 375 g/mol. The Morgan fingerprint density at radius 3 is 2.50 bits per heavy atom. The fourth-order valence-corrected chi connectivity index (χ4v) is 2.24. The van der Waals surface area contributed by atoms with Crippen molar-refractivity contribution >= 4 is 35.1 Å². The maximum atomic E-state index is 11.9. The van der Waals surface area contributed by atoms with Crippen molar-refractivity contribution < 1.29 is 19.1 Å². The molecule has 2 aromatic carbocycles. The van der Waals surface area contributed by atoms with Crippen molar-refractivity contribution in [2.24, 2.45) is 0 Å². The number of anilines is 1. The van der Waals surface area contributed by atoms with Crippen LogP contribution in [0.15, 0.2) is 48.5 Å². The molecular weight excluding hydrogens is 356 g/mol. The summed E-state index contributed by atoms with van der Waals surface area (Å²) in [6.45, 7) is 1.26. The molecule has 136 valence electrons. The Kier molecular flexibility index (Phi) is 7.17. The van der Waals surface area contributed by atoms with E-state index in [1.165, 1.54) is 0 Å². The van der Waals surface area contributed by atoms with Crippen LogP contribution < -0.4 is 10.6 Å². The van der Waals surface area contributed by atoms with Crippen LogP contribution in [0.25, 0.3) is 0 Å². The number of nitrogens with one attached hydrogen (secondary N) is 2. The van der Waals surface area contributed by atoms with Gasteiger partial charge in [0.1, 0.15) is 6.54 Å². The predicted octanol–water partition coefficient (Wildman–Crippen LogP) is 2.81.